The van der Waals surface area contributed by atoms with E-state index in [1.54, 1.807) is 0 Å². The fraction of sp³-hybridized carbons (Fsp3) is 0.417. The Morgan fingerprint density at radius 1 is 1.50 bits per heavy atom. The highest BCUT2D eigenvalue weighted by molar-refractivity contribution is 5.87. The van der Waals surface area contributed by atoms with Gasteiger partial charge in [-0.25, -0.2) is 0 Å². The molecule has 1 unspecified atom stereocenters. The number of nitrogen functional groups attached to an aromatic ring is 1. The van der Waals surface area contributed by atoms with E-state index in [2.05, 4.69) is 10.2 Å². The number of anilines is 2. The molecule has 1 aliphatic heterocycles. The molecule has 4 nitrogen and oxygen atoms in total. The molecule has 3 N–H and O–H groups in total. The van der Waals surface area contributed by atoms with Crippen molar-refractivity contribution in [2.75, 3.05) is 23.7 Å². The predicted octanol–water partition coefficient (Wildman–Crippen LogP) is 0.902. The molecule has 1 aromatic carbocycles. The molecule has 1 amide bonds. The van der Waals surface area contributed by atoms with Crippen LogP contribution >= 0.6 is 0 Å². The topological polar surface area (TPSA) is 58.4 Å². The number of carbonyl (C=O) groups excluding carboxylic acids is 1. The third kappa shape index (κ3) is 1.83. The zero-order valence-corrected chi connectivity index (χ0v) is 9.66. The van der Waals surface area contributed by atoms with Crippen LogP contribution in [-0.2, 0) is 4.79 Å². The summed E-state index contributed by atoms with van der Waals surface area (Å²) in [6, 6.07) is 5.75. The molecule has 0 spiro atoms. The van der Waals surface area contributed by atoms with E-state index in [4.69, 9.17) is 5.73 Å². The average Bonchev–Trinajstić information content (AvgIpc) is 2.26. The standard InChI is InChI=1S/C12H17N3O/c1-8-3-4-10(13)11(7-8)15-6-5-14-12(16)9(15)2/h3-4,7,9H,5-6,13H2,1-2H3,(H,14,16). The van der Waals surface area contributed by atoms with Crippen LogP contribution in [0.3, 0.4) is 0 Å². The number of aryl methyl sites for hydroxylation is 1. The Morgan fingerprint density at radius 3 is 3.00 bits per heavy atom. The molecule has 1 aliphatic rings. The molecule has 0 aliphatic carbocycles. The van der Waals surface area contributed by atoms with Crippen molar-refractivity contribution < 1.29 is 4.79 Å². The summed E-state index contributed by atoms with van der Waals surface area (Å²) in [5, 5.41) is 2.84. The summed E-state index contributed by atoms with van der Waals surface area (Å²) in [6.07, 6.45) is 0. The molecule has 0 bridgehead atoms. The lowest BCUT2D eigenvalue weighted by Gasteiger charge is -2.35. The summed E-state index contributed by atoms with van der Waals surface area (Å²) < 4.78 is 0. The highest BCUT2D eigenvalue weighted by Gasteiger charge is 2.26. The van der Waals surface area contributed by atoms with E-state index in [9.17, 15) is 4.79 Å². The van der Waals surface area contributed by atoms with Crippen LogP contribution in [0.25, 0.3) is 0 Å². The number of rotatable bonds is 1. The molecule has 4 heteroatoms. The zero-order valence-electron chi connectivity index (χ0n) is 9.66. The number of nitrogens with one attached hydrogen (secondary N) is 1. The van der Waals surface area contributed by atoms with Gasteiger partial charge in [-0.2, -0.15) is 0 Å². The van der Waals surface area contributed by atoms with Gasteiger partial charge in [-0.05, 0) is 31.5 Å². The minimum absolute atomic E-state index is 0.0622. The van der Waals surface area contributed by atoms with Gasteiger partial charge in [0.15, 0.2) is 0 Å². The van der Waals surface area contributed by atoms with Gasteiger partial charge in [0.1, 0.15) is 6.04 Å². The van der Waals surface area contributed by atoms with Gasteiger partial charge in [-0.1, -0.05) is 6.07 Å². The van der Waals surface area contributed by atoms with E-state index in [1.807, 2.05) is 32.0 Å². The molecule has 0 radical (unpaired) electrons. The van der Waals surface area contributed by atoms with Gasteiger partial charge in [-0.3, -0.25) is 4.79 Å². The number of carbonyl (C=O) groups is 1. The molecule has 16 heavy (non-hydrogen) atoms. The van der Waals surface area contributed by atoms with Gasteiger partial charge < -0.3 is 16.0 Å². The maximum Gasteiger partial charge on any atom is 0.242 e. The Bertz CT molecular complexity index is 417. The van der Waals surface area contributed by atoms with Crippen LogP contribution in [0.4, 0.5) is 11.4 Å². The number of nitrogens with two attached hydrogens (primary N) is 1. The third-order valence-electron chi connectivity index (χ3n) is 2.99. The van der Waals surface area contributed by atoms with E-state index >= 15 is 0 Å². The Balaban J connectivity index is 2.35. The second-order valence-electron chi connectivity index (χ2n) is 4.22. The largest absolute Gasteiger partial charge is 0.397 e. The third-order valence-corrected chi connectivity index (χ3v) is 2.99. The van der Waals surface area contributed by atoms with Crippen molar-refractivity contribution in [3.8, 4) is 0 Å². The number of benzene rings is 1. The first-order valence-electron chi connectivity index (χ1n) is 5.50. The molecule has 1 heterocycles. The fourth-order valence-electron chi connectivity index (χ4n) is 2.01. The Morgan fingerprint density at radius 2 is 2.25 bits per heavy atom. The number of amides is 1. The van der Waals surface area contributed by atoms with Gasteiger partial charge in [0.25, 0.3) is 0 Å². The Hall–Kier alpha value is -1.71. The predicted molar refractivity (Wildman–Crippen MR) is 65.4 cm³/mol. The highest BCUT2D eigenvalue weighted by Crippen LogP contribution is 2.26. The average molecular weight is 219 g/mol. The summed E-state index contributed by atoms with van der Waals surface area (Å²) in [5.74, 6) is 0.0622. The minimum atomic E-state index is -0.155. The molecular weight excluding hydrogens is 202 g/mol. The lowest BCUT2D eigenvalue weighted by molar-refractivity contribution is -0.122. The second kappa shape index (κ2) is 4.04. The number of nitrogens with zero attached hydrogens (tertiary/aromatic N) is 1. The van der Waals surface area contributed by atoms with Gasteiger partial charge in [0.2, 0.25) is 5.91 Å². The van der Waals surface area contributed by atoms with Crippen molar-refractivity contribution in [2.24, 2.45) is 0 Å². The first kappa shape index (κ1) is 10.8. The lowest BCUT2D eigenvalue weighted by atomic mass is 10.1. The van der Waals surface area contributed by atoms with Crippen molar-refractivity contribution in [3.63, 3.8) is 0 Å². The number of piperazine rings is 1. The monoisotopic (exact) mass is 219 g/mol. The maximum atomic E-state index is 11.6. The van der Waals surface area contributed by atoms with Gasteiger partial charge in [0.05, 0.1) is 11.4 Å². The Labute approximate surface area is 95.4 Å². The van der Waals surface area contributed by atoms with Crippen LogP contribution in [0, 0.1) is 6.92 Å². The SMILES string of the molecule is Cc1ccc(N)c(N2CCNC(=O)C2C)c1. The van der Waals surface area contributed by atoms with E-state index in [0.29, 0.717) is 6.54 Å². The van der Waals surface area contributed by atoms with Crippen LogP contribution in [0.1, 0.15) is 12.5 Å². The van der Waals surface area contributed by atoms with Gasteiger partial charge in [-0.15, -0.1) is 0 Å². The molecule has 1 atom stereocenters. The second-order valence-corrected chi connectivity index (χ2v) is 4.22. The first-order valence-corrected chi connectivity index (χ1v) is 5.50. The lowest BCUT2D eigenvalue weighted by Crippen LogP contribution is -2.54. The van der Waals surface area contributed by atoms with Crippen LogP contribution in [0.15, 0.2) is 18.2 Å². The van der Waals surface area contributed by atoms with Crippen molar-refractivity contribution in [2.45, 2.75) is 19.9 Å². The molecule has 1 fully saturated rings. The molecule has 86 valence electrons. The van der Waals surface area contributed by atoms with Crippen molar-refractivity contribution in [3.05, 3.63) is 23.8 Å². The normalized spacial score (nSPS) is 20.8. The van der Waals surface area contributed by atoms with E-state index in [1.165, 1.54) is 0 Å². The van der Waals surface area contributed by atoms with Crippen molar-refractivity contribution in [1.29, 1.82) is 0 Å². The fourth-order valence-corrected chi connectivity index (χ4v) is 2.01. The van der Waals surface area contributed by atoms with Crippen LogP contribution in [-0.4, -0.2) is 25.0 Å². The summed E-state index contributed by atoms with van der Waals surface area (Å²) in [7, 11) is 0. The smallest absolute Gasteiger partial charge is 0.242 e. The molecular formula is C12H17N3O. The van der Waals surface area contributed by atoms with Crippen molar-refractivity contribution >= 4 is 17.3 Å². The van der Waals surface area contributed by atoms with Gasteiger partial charge >= 0.3 is 0 Å². The Kier molecular flexibility index (Phi) is 2.73. The summed E-state index contributed by atoms with van der Waals surface area (Å²) in [4.78, 5) is 13.6. The quantitative estimate of drug-likeness (QED) is 0.690. The highest BCUT2D eigenvalue weighted by atomic mass is 16.2. The molecule has 2 rings (SSSR count). The van der Waals surface area contributed by atoms with Crippen molar-refractivity contribution in [1.82, 2.24) is 5.32 Å². The van der Waals surface area contributed by atoms with E-state index < -0.39 is 0 Å². The van der Waals surface area contributed by atoms with Crippen LogP contribution in [0.5, 0.6) is 0 Å². The molecule has 0 saturated carbocycles. The maximum absolute atomic E-state index is 11.6. The summed E-state index contributed by atoms with van der Waals surface area (Å²) in [6.45, 7) is 5.41. The van der Waals surface area contributed by atoms with Crippen LogP contribution < -0.4 is 16.0 Å². The van der Waals surface area contributed by atoms with E-state index in [-0.39, 0.29) is 11.9 Å². The zero-order chi connectivity index (χ0) is 11.7. The summed E-state index contributed by atoms with van der Waals surface area (Å²) >= 11 is 0. The van der Waals surface area contributed by atoms with E-state index in [0.717, 1.165) is 23.5 Å². The minimum Gasteiger partial charge on any atom is -0.397 e. The van der Waals surface area contributed by atoms with Gasteiger partial charge in [0, 0.05) is 13.1 Å². The van der Waals surface area contributed by atoms with Crippen LogP contribution in [0.2, 0.25) is 0 Å². The molecule has 1 saturated heterocycles. The number of hydrogen-bond acceptors (Lipinski definition) is 3. The first-order chi connectivity index (χ1) is 7.59. The number of hydrogen-bond donors (Lipinski definition) is 2. The molecule has 0 aromatic heterocycles. The molecule has 1 aromatic rings. The summed E-state index contributed by atoms with van der Waals surface area (Å²) in [5.41, 5.74) is 8.80.